The number of halogens is 1. The van der Waals surface area contributed by atoms with E-state index in [9.17, 15) is 0 Å². The lowest BCUT2D eigenvalue weighted by Crippen LogP contribution is -2.41. The Hall–Kier alpha value is -2.47. The molecule has 0 aliphatic heterocycles. The fourth-order valence-electron chi connectivity index (χ4n) is 4.42. The van der Waals surface area contributed by atoms with Gasteiger partial charge in [0, 0.05) is 4.43 Å². The maximum Gasteiger partial charge on any atom is 0.144 e. The Kier molecular flexibility index (Phi) is 8.91. The van der Waals surface area contributed by atoms with Gasteiger partial charge in [-0.1, -0.05) is 144 Å². The number of rotatable bonds is 11. The summed E-state index contributed by atoms with van der Waals surface area (Å²) >= 11 is 2.43. The second-order valence-corrected chi connectivity index (χ2v) is 9.49. The number of hydrogen-bond acceptors (Lipinski definition) is 2. The van der Waals surface area contributed by atoms with E-state index in [4.69, 9.17) is 9.47 Å². The molecule has 34 heavy (non-hydrogen) atoms. The average Bonchev–Trinajstić information content (AvgIpc) is 2.91. The van der Waals surface area contributed by atoms with Crippen LogP contribution in [0.2, 0.25) is 0 Å². The predicted octanol–water partition coefficient (Wildman–Crippen LogP) is 7.79. The summed E-state index contributed by atoms with van der Waals surface area (Å²) in [4.78, 5) is 0. The fourth-order valence-corrected chi connectivity index (χ4v) is 5.03. The van der Waals surface area contributed by atoms with Gasteiger partial charge >= 0.3 is 0 Å². The van der Waals surface area contributed by atoms with Gasteiger partial charge in [-0.25, -0.2) is 0 Å². The van der Waals surface area contributed by atoms with Crippen molar-refractivity contribution >= 4 is 22.6 Å². The molecule has 0 radical (unpaired) electrons. The standard InChI is InChI=1S/C31H31IO2/c1-25(30(22-23-32)33-24-26-14-6-2-7-15-26)34-31(27-16-8-3-9-17-27,28-18-10-4-11-19-28)29-20-12-5-13-21-29/h2-21,25,30H,22-24H2,1H3/t25-,30-/m0/s1. The van der Waals surface area contributed by atoms with E-state index in [0.29, 0.717) is 6.61 Å². The minimum Gasteiger partial charge on any atom is -0.371 e. The topological polar surface area (TPSA) is 18.5 Å². The minimum atomic E-state index is -0.747. The van der Waals surface area contributed by atoms with E-state index in [0.717, 1.165) is 27.5 Å². The van der Waals surface area contributed by atoms with E-state index in [1.54, 1.807) is 0 Å². The zero-order valence-electron chi connectivity index (χ0n) is 19.5. The van der Waals surface area contributed by atoms with Gasteiger partial charge in [-0.2, -0.15) is 0 Å². The van der Waals surface area contributed by atoms with Crippen LogP contribution in [0.5, 0.6) is 0 Å². The second kappa shape index (κ2) is 12.3. The summed E-state index contributed by atoms with van der Waals surface area (Å²) in [6, 6.07) is 41.9. The maximum atomic E-state index is 7.17. The van der Waals surface area contributed by atoms with E-state index < -0.39 is 5.60 Å². The first-order valence-electron chi connectivity index (χ1n) is 11.8. The second-order valence-electron chi connectivity index (χ2n) is 8.41. The SMILES string of the molecule is C[C@H](OC(c1ccccc1)(c1ccccc1)c1ccccc1)[C@H](CCI)OCc1ccccc1. The molecule has 0 amide bonds. The van der Waals surface area contributed by atoms with Crippen LogP contribution in [0, 0.1) is 0 Å². The third-order valence-electron chi connectivity index (χ3n) is 6.13. The number of hydrogen-bond donors (Lipinski definition) is 0. The van der Waals surface area contributed by atoms with Gasteiger partial charge in [0.15, 0.2) is 0 Å². The zero-order valence-corrected chi connectivity index (χ0v) is 21.7. The first kappa shape index (κ1) is 24.6. The minimum absolute atomic E-state index is 0.0346. The molecular weight excluding hydrogens is 531 g/mol. The molecule has 0 aliphatic carbocycles. The largest absolute Gasteiger partial charge is 0.371 e. The highest BCUT2D eigenvalue weighted by molar-refractivity contribution is 14.1. The molecule has 2 atom stereocenters. The highest BCUT2D eigenvalue weighted by Gasteiger charge is 2.40. The van der Waals surface area contributed by atoms with Crippen LogP contribution in [-0.4, -0.2) is 16.6 Å². The van der Waals surface area contributed by atoms with E-state index in [-0.39, 0.29) is 12.2 Å². The first-order chi connectivity index (χ1) is 16.7. The van der Waals surface area contributed by atoms with E-state index in [1.165, 1.54) is 5.56 Å². The summed E-state index contributed by atoms with van der Waals surface area (Å²) in [5.74, 6) is 0. The Labute approximate surface area is 217 Å². The molecule has 2 nitrogen and oxygen atoms in total. The van der Waals surface area contributed by atoms with Crippen molar-refractivity contribution < 1.29 is 9.47 Å². The lowest BCUT2D eigenvalue weighted by atomic mass is 9.79. The van der Waals surface area contributed by atoms with Gasteiger partial charge < -0.3 is 9.47 Å². The van der Waals surface area contributed by atoms with Crippen molar-refractivity contribution in [2.75, 3.05) is 4.43 Å². The summed E-state index contributed by atoms with van der Waals surface area (Å²) in [5.41, 5.74) is 3.75. The van der Waals surface area contributed by atoms with Crippen LogP contribution in [0.15, 0.2) is 121 Å². The highest BCUT2D eigenvalue weighted by atomic mass is 127. The summed E-state index contributed by atoms with van der Waals surface area (Å²) < 4.78 is 14.6. The Bertz CT molecular complexity index is 1000. The van der Waals surface area contributed by atoms with Crippen LogP contribution in [0.3, 0.4) is 0 Å². The normalized spacial score (nSPS) is 13.4. The van der Waals surface area contributed by atoms with Gasteiger partial charge in [0.2, 0.25) is 0 Å². The lowest BCUT2D eigenvalue weighted by molar-refractivity contribution is -0.119. The van der Waals surface area contributed by atoms with Gasteiger partial charge in [-0.3, -0.25) is 0 Å². The Morgan fingerprint density at radius 3 is 1.47 bits per heavy atom. The maximum absolute atomic E-state index is 7.17. The van der Waals surface area contributed by atoms with Crippen molar-refractivity contribution in [1.82, 2.24) is 0 Å². The molecule has 0 bridgehead atoms. The van der Waals surface area contributed by atoms with Gasteiger partial charge in [-0.05, 0) is 35.6 Å². The van der Waals surface area contributed by atoms with Crippen molar-refractivity contribution in [3.05, 3.63) is 144 Å². The van der Waals surface area contributed by atoms with Gasteiger partial charge in [0.05, 0.1) is 18.8 Å². The summed E-state index contributed by atoms with van der Waals surface area (Å²) in [6.07, 6.45) is 0.745. The van der Waals surface area contributed by atoms with Crippen molar-refractivity contribution in [3.63, 3.8) is 0 Å². The molecule has 0 saturated carbocycles. The first-order valence-corrected chi connectivity index (χ1v) is 13.3. The van der Waals surface area contributed by atoms with Crippen molar-refractivity contribution in [1.29, 1.82) is 0 Å². The summed E-state index contributed by atoms with van der Waals surface area (Å²) in [7, 11) is 0. The fraction of sp³-hybridized carbons (Fsp3) is 0.226. The van der Waals surface area contributed by atoms with Gasteiger partial charge in [0.1, 0.15) is 5.60 Å². The quantitative estimate of drug-likeness (QED) is 0.106. The van der Waals surface area contributed by atoms with Crippen molar-refractivity contribution in [3.8, 4) is 0 Å². The molecule has 0 aliphatic rings. The van der Waals surface area contributed by atoms with Crippen LogP contribution in [0.4, 0.5) is 0 Å². The van der Waals surface area contributed by atoms with Crippen LogP contribution < -0.4 is 0 Å². The molecule has 0 fully saturated rings. The van der Waals surface area contributed by atoms with Crippen LogP contribution in [0.1, 0.15) is 35.6 Å². The zero-order chi connectivity index (χ0) is 23.6. The van der Waals surface area contributed by atoms with E-state index in [2.05, 4.69) is 145 Å². The smallest absolute Gasteiger partial charge is 0.144 e. The third kappa shape index (κ3) is 5.77. The molecule has 3 heteroatoms. The lowest BCUT2D eigenvalue weighted by Gasteiger charge is -2.40. The molecule has 174 valence electrons. The number of benzene rings is 4. The summed E-state index contributed by atoms with van der Waals surface area (Å²) in [5, 5.41) is 0. The number of alkyl halides is 1. The van der Waals surface area contributed by atoms with E-state index in [1.807, 2.05) is 6.07 Å². The molecule has 0 unspecified atom stereocenters. The monoisotopic (exact) mass is 562 g/mol. The molecule has 0 heterocycles. The molecule has 0 saturated heterocycles. The average molecular weight is 562 g/mol. The Morgan fingerprint density at radius 1 is 0.647 bits per heavy atom. The van der Waals surface area contributed by atoms with Crippen molar-refractivity contribution in [2.45, 2.75) is 37.8 Å². The van der Waals surface area contributed by atoms with E-state index >= 15 is 0 Å². The molecule has 4 aromatic rings. The predicted molar refractivity (Wildman–Crippen MR) is 148 cm³/mol. The summed E-state index contributed by atoms with van der Waals surface area (Å²) in [6.45, 7) is 2.72. The van der Waals surface area contributed by atoms with Gasteiger partial charge in [0.25, 0.3) is 0 Å². The molecular formula is C31H31IO2. The van der Waals surface area contributed by atoms with Crippen LogP contribution in [-0.2, 0) is 21.7 Å². The molecule has 0 spiro atoms. The van der Waals surface area contributed by atoms with Crippen LogP contribution >= 0.6 is 22.6 Å². The third-order valence-corrected chi connectivity index (χ3v) is 6.75. The molecule has 4 aromatic carbocycles. The molecule has 0 aromatic heterocycles. The molecule has 0 N–H and O–H groups in total. The Balaban J connectivity index is 1.74. The van der Waals surface area contributed by atoms with Crippen LogP contribution in [0.25, 0.3) is 0 Å². The highest BCUT2D eigenvalue weighted by Crippen LogP contribution is 2.42. The number of ether oxygens (including phenoxy) is 2. The van der Waals surface area contributed by atoms with Crippen molar-refractivity contribution in [2.24, 2.45) is 0 Å². The van der Waals surface area contributed by atoms with Gasteiger partial charge in [-0.15, -0.1) is 0 Å². The Morgan fingerprint density at radius 2 is 1.06 bits per heavy atom. The molecule has 4 rings (SSSR count).